The molecule has 0 fully saturated rings. The summed E-state index contributed by atoms with van der Waals surface area (Å²) in [5.74, 6) is -0.523. The maximum absolute atomic E-state index is 13.6. The first kappa shape index (κ1) is 13.5. The van der Waals surface area contributed by atoms with E-state index in [9.17, 15) is 9.18 Å². The third kappa shape index (κ3) is 3.29. The molecule has 1 heterocycles. The minimum Gasteiger partial charge on any atom is -0.465 e. The van der Waals surface area contributed by atoms with Crippen LogP contribution in [0.3, 0.4) is 0 Å². The number of pyridine rings is 1. The normalized spacial score (nSPS) is 10.1. The van der Waals surface area contributed by atoms with Crippen LogP contribution in [-0.4, -0.2) is 18.1 Å². The lowest BCUT2D eigenvalue weighted by Crippen LogP contribution is -2.03. The largest absolute Gasteiger partial charge is 0.465 e. The highest BCUT2D eigenvalue weighted by Crippen LogP contribution is 2.22. The summed E-state index contributed by atoms with van der Waals surface area (Å²) in [6.07, 6.45) is 1.45. The molecule has 1 aromatic heterocycles. The van der Waals surface area contributed by atoms with Crippen LogP contribution in [0.2, 0.25) is 0 Å². The van der Waals surface area contributed by atoms with Gasteiger partial charge in [0.2, 0.25) is 0 Å². The average Bonchev–Trinajstić information content (AvgIpc) is 2.41. The molecule has 6 heteroatoms. The first-order chi connectivity index (χ1) is 9.10. The van der Waals surface area contributed by atoms with E-state index in [1.807, 2.05) is 0 Å². The number of esters is 1. The van der Waals surface area contributed by atoms with Gasteiger partial charge in [-0.3, -0.25) is 0 Å². The van der Waals surface area contributed by atoms with Gasteiger partial charge in [-0.15, -0.1) is 0 Å². The third-order valence-electron chi connectivity index (χ3n) is 2.37. The van der Waals surface area contributed by atoms with Gasteiger partial charge in [-0.1, -0.05) is 15.9 Å². The van der Waals surface area contributed by atoms with E-state index in [4.69, 9.17) is 0 Å². The van der Waals surface area contributed by atoms with E-state index in [0.717, 1.165) is 0 Å². The number of ether oxygens (including phenoxy) is 1. The maximum atomic E-state index is 13.6. The van der Waals surface area contributed by atoms with E-state index in [1.54, 1.807) is 12.1 Å². The van der Waals surface area contributed by atoms with Crippen molar-refractivity contribution in [2.75, 3.05) is 12.4 Å². The number of hydrogen-bond acceptors (Lipinski definition) is 4. The number of carbonyl (C=O) groups is 1. The Labute approximate surface area is 117 Å². The van der Waals surface area contributed by atoms with Gasteiger partial charge < -0.3 is 10.1 Å². The molecule has 0 unspecified atom stereocenters. The molecule has 98 valence electrons. The standard InChI is InChI=1S/C13H10BrFN2O2/c1-19-13(18)8-4-5-16-12(6-8)17-11-3-2-9(14)7-10(11)15/h2-7H,1H3,(H,16,17). The number of carbonyl (C=O) groups excluding carboxylic acids is 1. The van der Waals surface area contributed by atoms with Crippen molar-refractivity contribution < 1.29 is 13.9 Å². The van der Waals surface area contributed by atoms with Crippen LogP contribution in [-0.2, 0) is 4.74 Å². The molecule has 19 heavy (non-hydrogen) atoms. The second-order valence-electron chi connectivity index (χ2n) is 3.67. The topological polar surface area (TPSA) is 51.2 Å². The summed E-state index contributed by atoms with van der Waals surface area (Å²) in [4.78, 5) is 15.4. The van der Waals surface area contributed by atoms with E-state index in [-0.39, 0.29) is 5.69 Å². The molecule has 0 saturated heterocycles. The molecule has 0 aliphatic heterocycles. The van der Waals surface area contributed by atoms with Crippen molar-refractivity contribution in [3.05, 3.63) is 52.4 Å². The Morgan fingerprint density at radius 3 is 2.84 bits per heavy atom. The number of anilines is 2. The zero-order chi connectivity index (χ0) is 13.8. The summed E-state index contributed by atoms with van der Waals surface area (Å²) in [5, 5.41) is 2.80. The van der Waals surface area contributed by atoms with Gasteiger partial charge in [0, 0.05) is 10.7 Å². The van der Waals surface area contributed by atoms with Crippen LogP contribution in [0.15, 0.2) is 41.0 Å². The minimum atomic E-state index is -0.471. The molecule has 1 aromatic carbocycles. The summed E-state index contributed by atoms with van der Waals surface area (Å²) in [7, 11) is 1.30. The van der Waals surface area contributed by atoms with Crippen molar-refractivity contribution in [3.63, 3.8) is 0 Å². The molecular weight excluding hydrogens is 315 g/mol. The lowest BCUT2D eigenvalue weighted by Gasteiger charge is -2.08. The highest BCUT2D eigenvalue weighted by Gasteiger charge is 2.08. The fourth-order valence-electron chi connectivity index (χ4n) is 1.47. The summed E-state index contributed by atoms with van der Waals surface area (Å²) in [6.45, 7) is 0. The van der Waals surface area contributed by atoms with Crippen molar-refractivity contribution in [1.29, 1.82) is 0 Å². The number of nitrogens with one attached hydrogen (secondary N) is 1. The Kier molecular flexibility index (Phi) is 4.11. The lowest BCUT2D eigenvalue weighted by atomic mass is 10.2. The Bertz CT molecular complexity index is 619. The molecule has 0 bridgehead atoms. The summed E-state index contributed by atoms with van der Waals surface area (Å²) in [5.41, 5.74) is 0.621. The quantitative estimate of drug-likeness (QED) is 0.878. The lowest BCUT2D eigenvalue weighted by molar-refractivity contribution is 0.0600. The van der Waals surface area contributed by atoms with Crippen molar-refractivity contribution >= 4 is 33.4 Å². The van der Waals surface area contributed by atoms with Gasteiger partial charge in [0.15, 0.2) is 0 Å². The number of nitrogens with zero attached hydrogens (tertiary/aromatic N) is 1. The number of benzene rings is 1. The van der Waals surface area contributed by atoms with Crippen LogP contribution in [0.5, 0.6) is 0 Å². The van der Waals surface area contributed by atoms with Gasteiger partial charge in [0.1, 0.15) is 11.6 Å². The number of aromatic nitrogens is 1. The Balaban J connectivity index is 2.26. The van der Waals surface area contributed by atoms with Gasteiger partial charge >= 0.3 is 5.97 Å². The first-order valence-corrected chi connectivity index (χ1v) is 6.16. The van der Waals surface area contributed by atoms with Crippen LogP contribution < -0.4 is 5.32 Å². The molecule has 0 spiro atoms. The number of methoxy groups -OCH3 is 1. The highest BCUT2D eigenvalue weighted by atomic mass is 79.9. The summed E-state index contributed by atoms with van der Waals surface area (Å²) in [6, 6.07) is 7.64. The summed E-state index contributed by atoms with van der Waals surface area (Å²) < 4.78 is 18.9. The van der Waals surface area contributed by atoms with Crippen LogP contribution in [0.25, 0.3) is 0 Å². The molecule has 0 aliphatic carbocycles. The zero-order valence-electron chi connectivity index (χ0n) is 9.98. The van der Waals surface area contributed by atoms with E-state index >= 15 is 0 Å². The van der Waals surface area contributed by atoms with Crippen LogP contribution in [0.1, 0.15) is 10.4 Å². The van der Waals surface area contributed by atoms with E-state index < -0.39 is 11.8 Å². The fourth-order valence-corrected chi connectivity index (χ4v) is 1.81. The Morgan fingerprint density at radius 1 is 1.37 bits per heavy atom. The van der Waals surface area contributed by atoms with Gasteiger partial charge in [0.25, 0.3) is 0 Å². The number of halogens is 2. The summed E-state index contributed by atoms with van der Waals surface area (Å²) >= 11 is 3.18. The maximum Gasteiger partial charge on any atom is 0.338 e. The smallest absolute Gasteiger partial charge is 0.338 e. The Morgan fingerprint density at radius 2 is 2.16 bits per heavy atom. The molecule has 0 aliphatic rings. The van der Waals surface area contributed by atoms with Crippen LogP contribution >= 0.6 is 15.9 Å². The zero-order valence-corrected chi connectivity index (χ0v) is 11.6. The van der Waals surface area contributed by atoms with Crippen molar-refractivity contribution in [1.82, 2.24) is 4.98 Å². The van der Waals surface area contributed by atoms with Gasteiger partial charge in [-0.05, 0) is 30.3 Å². The van der Waals surface area contributed by atoms with E-state index in [0.29, 0.717) is 15.9 Å². The molecule has 4 nitrogen and oxygen atoms in total. The second-order valence-corrected chi connectivity index (χ2v) is 4.59. The molecule has 0 amide bonds. The second kappa shape index (κ2) is 5.79. The van der Waals surface area contributed by atoms with Crippen molar-refractivity contribution in [3.8, 4) is 0 Å². The third-order valence-corrected chi connectivity index (χ3v) is 2.87. The van der Waals surface area contributed by atoms with Crippen molar-refractivity contribution in [2.45, 2.75) is 0 Å². The van der Waals surface area contributed by atoms with E-state index in [1.165, 1.54) is 31.5 Å². The minimum absolute atomic E-state index is 0.276. The molecule has 2 aromatic rings. The highest BCUT2D eigenvalue weighted by molar-refractivity contribution is 9.10. The SMILES string of the molecule is COC(=O)c1ccnc(Nc2ccc(Br)cc2F)c1. The molecule has 0 radical (unpaired) electrons. The number of rotatable bonds is 3. The number of hydrogen-bond donors (Lipinski definition) is 1. The molecule has 0 saturated carbocycles. The fraction of sp³-hybridized carbons (Fsp3) is 0.0769. The van der Waals surface area contributed by atoms with Gasteiger partial charge in [-0.25, -0.2) is 14.2 Å². The van der Waals surface area contributed by atoms with E-state index in [2.05, 4.69) is 31.0 Å². The van der Waals surface area contributed by atoms with Crippen molar-refractivity contribution in [2.24, 2.45) is 0 Å². The molecule has 1 N–H and O–H groups in total. The average molecular weight is 325 g/mol. The van der Waals surface area contributed by atoms with Gasteiger partial charge in [-0.2, -0.15) is 0 Å². The monoisotopic (exact) mass is 324 g/mol. The first-order valence-electron chi connectivity index (χ1n) is 5.36. The Hall–Kier alpha value is -1.95. The van der Waals surface area contributed by atoms with Gasteiger partial charge in [0.05, 0.1) is 18.4 Å². The molecule has 2 rings (SSSR count). The predicted octanol–water partition coefficient (Wildman–Crippen LogP) is 3.51. The van der Waals surface area contributed by atoms with Crippen LogP contribution in [0, 0.1) is 5.82 Å². The molecular formula is C13H10BrFN2O2. The predicted molar refractivity (Wildman–Crippen MR) is 73.0 cm³/mol. The molecule has 0 atom stereocenters. The van der Waals surface area contributed by atoms with Crippen LogP contribution in [0.4, 0.5) is 15.9 Å².